The molecule has 166 valence electrons. The minimum atomic E-state index is -0.0913. The molecule has 1 heterocycles. The number of anilines is 1. The minimum Gasteiger partial charge on any atom is -0.326 e. The lowest BCUT2D eigenvalue weighted by atomic mass is 10.0. The molecule has 6 heteroatoms. The van der Waals surface area contributed by atoms with Gasteiger partial charge in [-0.2, -0.15) is 0 Å². The quantitative estimate of drug-likeness (QED) is 0.393. The predicted octanol–water partition coefficient (Wildman–Crippen LogP) is 6.18. The molecule has 1 aliphatic heterocycles. The number of carbonyl (C=O) groups excluding carboxylic acids is 2. The molecule has 0 aromatic heterocycles. The SMILES string of the molecule is CC(=C\c1ccccc1)/C=C1/SC(=S)N(CCCC(=O)Nc2c(C)cc(C)cc2C)C1=O. The highest BCUT2D eigenvalue weighted by Gasteiger charge is 2.31. The zero-order valence-corrected chi connectivity index (χ0v) is 20.5. The van der Waals surface area contributed by atoms with Gasteiger partial charge in [-0.05, 0) is 62.5 Å². The number of nitrogens with zero attached hydrogens (tertiary/aromatic N) is 1. The first kappa shape index (κ1) is 24.0. The summed E-state index contributed by atoms with van der Waals surface area (Å²) in [5, 5.41) is 3.01. The van der Waals surface area contributed by atoms with Crippen molar-refractivity contribution in [2.75, 3.05) is 11.9 Å². The number of hydrogen-bond donors (Lipinski definition) is 1. The summed E-state index contributed by atoms with van der Waals surface area (Å²) in [5.74, 6) is -0.144. The van der Waals surface area contributed by atoms with Crippen LogP contribution in [0.4, 0.5) is 5.69 Å². The molecular weight excluding hydrogens is 436 g/mol. The number of hydrogen-bond acceptors (Lipinski definition) is 4. The molecule has 0 saturated carbocycles. The van der Waals surface area contributed by atoms with Crippen LogP contribution in [0.25, 0.3) is 6.08 Å². The zero-order valence-electron chi connectivity index (χ0n) is 18.9. The number of benzene rings is 2. The van der Waals surface area contributed by atoms with Crippen LogP contribution in [0.2, 0.25) is 0 Å². The normalized spacial score (nSPS) is 15.6. The van der Waals surface area contributed by atoms with Crippen LogP contribution < -0.4 is 5.32 Å². The van der Waals surface area contributed by atoms with Crippen molar-refractivity contribution < 1.29 is 9.59 Å². The largest absolute Gasteiger partial charge is 0.326 e. The summed E-state index contributed by atoms with van der Waals surface area (Å²) in [6.07, 6.45) is 4.79. The molecule has 2 amide bonds. The number of allylic oxidation sites excluding steroid dienone is 2. The van der Waals surface area contributed by atoms with E-state index in [9.17, 15) is 9.59 Å². The van der Waals surface area contributed by atoms with Gasteiger partial charge >= 0.3 is 0 Å². The maximum absolute atomic E-state index is 12.8. The number of thiocarbonyl (C=S) groups is 1. The van der Waals surface area contributed by atoms with Crippen LogP contribution in [-0.4, -0.2) is 27.6 Å². The van der Waals surface area contributed by atoms with E-state index in [1.165, 1.54) is 17.3 Å². The van der Waals surface area contributed by atoms with Crippen LogP contribution >= 0.6 is 24.0 Å². The Kier molecular flexibility index (Phi) is 8.04. The fourth-order valence-electron chi connectivity index (χ4n) is 3.73. The monoisotopic (exact) mass is 464 g/mol. The molecule has 1 N–H and O–H groups in total. The van der Waals surface area contributed by atoms with Crippen LogP contribution in [0, 0.1) is 20.8 Å². The highest BCUT2D eigenvalue weighted by molar-refractivity contribution is 8.26. The third kappa shape index (κ3) is 6.17. The number of nitrogens with one attached hydrogen (secondary N) is 1. The van der Waals surface area contributed by atoms with E-state index in [1.807, 2.05) is 70.2 Å². The Morgan fingerprint density at radius 3 is 2.44 bits per heavy atom. The molecule has 1 saturated heterocycles. The maximum atomic E-state index is 12.8. The molecule has 0 bridgehead atoms. The number of thioether (sulfide) groups is 1. The molecule has 1 aliphatic rings. The number of carbonyl (C=O) groups is 2. The number of rotatable bonds is 7. The van der Waals surface area contributed by atoms with Gasteiger partial charge in [0.05, 0.1) is 4.91 Å². The van der Waals surface area contributed by atoms with Gasteiger partial charge in [0.15, 0.2) is 0 Å². The van der Waals surface area contributed by atoms with Crippen LogP contribution in [0.3, 0.4) is 0 Å². The molecule has 1 fully saturated rings. The molecular formula is C26H28N2O2S2. The Morgan fingerprint density at radius 1 is 1.12 bits per heavy atom. The van der Waals surface area contributed by atoms with Gasteiger partial charge in [0, 0.05) is 18.7 Å². The average molecular weight is 465 g/mol. The molecule has 0 radical (unpaired) electrons. The molecule has 3 rings (SSSR count). The van der Waals surface area contributed by atoms with Gasteiger partial charge in [-0.25, -0.2) is 0 Å². The van der Waals surface area contributed by atoms with E-state index in [1.54, 1.807) is 4.90 Å². The summed E-state index contributed by atoms with van der Waals surface area (Å²) in [4.78, 5) is 27.5. The Balaban J connectivity index is 1.56. The van der Waals surface area contributed by atoms with Crippen LogP contribution in [0.15, 0.2) is 59.0 Å². The lowest BCUT2D eigenvalue weighted by Crippen LogP contribution is -2.29. The first-order valence-electron chi connectivity index (χ1n) is 10.6. The van der Waals surface area contributed by atoms with Crippen molar-refractivity contribution in [2.45, 2.75) is 40.5 Å². The highest BCUT2D eigenvalue weighted by Crippen LogP contribution is 2.32. The van der Waals surface area contributed by atoms with Gasteiger partial charge in [-0.1, -0.05) is 78.1 Å². The van der Waals surface area contributed by atoms with Gasteiger partial charge in [0.1, 0.15) is 4.32 Å². The molecule has 2 aromatic carbocycles. The van der Waals surface area contributed by atoms with E-state index in [0.717, 1.165) is 28.0 Å². The van der Waals surface area contributed by atoms with Crippen molar-refractivity contribution in [3.05, 3.63) is 81.3 Å². The van der Waals surface area contributed by atoms with E-state index in [4.69, 9.17) is 12.2 Å². The Morgan fingerprint density at radius 2 is 1.78 bits per heavy atom. The van der Waals surface area contributed by atoms with Crippen molar-refractivity contribution in [1.29, 1.82) is 0 Å². The van der Waals surface area contributed by atoms with Crippen LogP contribution in [0.1, 0.15) is 42.0 Å². The fraction of sp³-hybridized carbons (Fsp3) is 0.269. The van der Waals surface area contributed by atoms with Gasteiger partial charge in [-0.15, -0.1) is 0 Å². The predicted molar refractivity (Wildman–Crippen MR) is 139 cm³/mol. The van der Waals surface area contributed by atoms with Crippen molar-refractivity contribution in [2.24, 2.45) is 0 Å². The van der Waals surface area contributed by atoms with Crippen molar-refractivity contribution in [3.63, 3.8) is 0 Å². The highest BCUT2D eigenvalue weighted by atomic mass is 32.2. The summed E-state index contributed by atoms with van der Waals surface area (Å²) in [5.41, 5.74) is 6.22. The summed E-state index contributed by atoms with van der Waals surface area (Å²) in [6, 6.07) is 14.1. The Bertz CT molecular complexity index is 1080. The van der Waals surface area contributed by atoms with E-state index in [0.29, 0.717) is 28.6 Å². The molecule has 0 unspecified atom stereocenters. The second kappa shape index (κ2) is 10.7. The van der Waals surface area contributed by atoms with E-state index < -0.39 is 0 Å². The smallest absolute Gasteiger partial charge is 0.266 e. The van der Waals surface area contributed by atoms with Gasteiger partial charge in [0.2, 0.25) is 5.91 Å². The minimum absolute atomic E-state index is 0.0531. The number of amides is 2. The second-order valence-electron chi connectivity index (χ2n) is 8.06. The maximum Gasteiger partial charge on any atom is 0.266 e. The fourth-order valence-corrected chi connectivity index (χ4v) is 5.09. The molecule has 32 heavy (non-hydrogen) atoms. The molecule has 0 atom stereocenters. The molecule has 4 nitrogen and oxygen atoms in total. The molecule has 0 aliphatic carbocycles. The van der Waals surface area contributed by atoms with E-state index in [-0.39, 0.29) is 11.8 Å². The standard InChI is InChI=1S/C26H28N2O2S2/c1-17-13-19(3)24(20(4)14-17)27-23(29)11-8-12-28-25(30)22(32-26(28)31)16-18(2)15-21-9-6-5-7-10-21/h5-7,9-10,13-16H,8,11-12H2,1-4H3,(H,27,29)/b18-15+,22-16+. The Labute approximate surface area is 199 Å². The third-order valence-electron chi connectivity index (χ3n) is 5.15. The first-order valence-corrected chi connectivity index (χ1v) is 11.8. The Hall–Kier alpha value is -2.70. The lowest BCUT2D eigenvalue weighted by molar-refractivity contribution is -0.122. The number of aryl methyl sites for hydroxylation is 3. The summed E-state index contributed by atoms with van der Waals surface area (Å²) in [7, 11) is 0. The molecule has 0 spiro atoms. The van der Waals surface area contributed by atoms with Gasteiger partial charge < -0.3 is 5.32 Å². The summed E-state index contributed by atoms with van der Waals surface area (Å²) < 4.78 is 0.541. The van der Waals surface area contributed by atoms with Crippen LogP contribution in [-0.2, 0) is 9.59 Å². The lowest BCUT2D eigenvalue weighted by Gasteiger charge is -2.15. The van der Waals surface area contributed by atoms with Crippen molar-refractivity contribution >= 4 is 51.9 Å². The van der Waals surface area contributed by atoms with Gasteiger partial charge in [-0.3, -0.25) is 14.5 Å². The van der Waals surface area contributed by atoms with Crippen molar-refractivity contribution in [3.8, 4) is 0 Å². The third-order valence-corrected chi connectivity index (χ3v) is 6.53. The second-order valence-corrected chi connectivity index (χ2v) is 9.73. The van der Waals surface area contributed by atoms with Crippen LogP contribution in [0.5, 0.6) is 0 Å². The van der Waals surface area contributed by atoms with Crippen molar-refractivity contribution in [1.82, 2.24) is 4.90 Å². The molecule has 2 aromatic rings. The topological polar surface area (TPSA) is 49.4 Å². The summed E-state index contributed by atoms with van der Waals surface area (Å²) in [6.45, 7) is 8.44. The van der Waals surface area contributed by atoms with Gasteiger partial charge in [0.25, 0.3) is 5.91 Å². The average Bonchev–Trinajstić information content (AvgIpc) is 2.98. The first-order chi connectivity index (χ1) is 15.2. The summed E-state index contributed by atoms with van der Waals surface area (Å²) >= 11 is 6.73. The zero-order chi connectivity index (χ0) is 23.3. The van der Waals surface area contributed by atoms with E-state index >= 15 is 0 Å². The van der Waals surface area contributed by atoms with E-state index in [2.05, 4.69) is 17.4 Å².